The van der Waals surface area contributed by atoms with Gasteiger partial charge in [-0.05, 0) is 77.1 Å². The van der Waals surface area contributed by atoms with Gasteiger partial charge in [-0.15, -0.1) is 0 Å². The lowest BCUT2D eigenvalue weighted by Crippen LogP contribution is -2.36. The van der Waals surface area contributed by atoms with Crippen LogP contribution in [0.4, 0.5) is 5.82 Å². The lowest BCUT2D eigenvalue weighted by atomic mass is 10.1. The Labute approximate surface area is 186 Å². The largest absolute Gasteiger partial charge is 0.369 e. The van der Waals surface area contributed by atoms with Crippen molar-refractivity contribution in [1.29, 1.82) is 0 Å². The molecule has 6 heteroatoms. The van der Waals surface area contributed by atoms with Crippen LogP contribution >= 0.6 is 0 Å². The van der Waals surface area contributed by atoms with E-state index in [9.17, 15) is 0 Å². The fourth-order valence-electron chi connectivity index (χ4n) is 5.45. The van der Waals surface area contributed by atoms with E-state index in [2.05, 4.69) is 33.5 Å². The van der Waals surface area contributed by atoms with Gasteiger partial charge in [0.2, 0.25) is 0 Å². The van der Waals surface area contributed by atoms with Gasteiger partial charge >= 0.3 is 0 Å². The number of hydrogen-bond donors (Lipinski definition) is 3. The third kappa shape index (κ3) is 5.29. The number of nitrogens with one attached hydrogen (secondary N) is 3. The molecule has 3 fully saturated rings. The van der Waals surface area contributed by atoms with Gasteiger partial charge in [-0.25, -0.2) is 9.97 Å². The second-order valence-electron chi connectivity index (χ2n) is 9.75. The standard InChI is InChI=1S/C25H38N6/c1-18-24(19-11-12-19)30-25(28-18)22-9-4-10-23(29-22)27-15-14-26-20-6-5-16-31(17-13-20)21-7-2-3-8-21/h4,9-10,19-21,26H,2-3,5-8,11-17H2,1H3,(H,27,29)(H,28,30). The fourth-order valence-corrected chi connectivity index (χ4v) is 5.45. The molecule has 2 aromatic rings. The smallest absolute Gasteiger partial charge is 0.156 e. The number of rotatable bonds is 8. The van der Waals surface area contributed by atoms with Crippen molar-refractivity contribution in [3.63, 3.8) is 0 Å². The number of imidazole rings is 1. The molecule has 5 rings (SSSR count). The summed E-state index contributed by atoms with van der Waals surface area (Å²) in [5.41, 5.74) is 3.34. The van der Waals surface area contributed by atoms with E-state index in [1.54, 1.807) is 0 Å². The molecule has 0 aromatic carbocycles. The van der Waals surface area contributed by atoms with Gasteiger partial charge in [0.1, 0.15) is 11.5 Å². The number of likely N-dealkylation sites (tertiary alicyclic amines) is 1. The van der Waals surface area contributed by atoms with Crippen LogP contribution in [0.1, 0.15) is 75.1 Å². The van der Waals surface area contributed by atoms with E-state index in [0.717, 1.165) is 42.2 Å². The number of nitrogens with zero attached hydrogens (tertiary/aromatic N) is 3. The highest BCUT2D eigenvalue weighted by atomic mass is 15.2. The maximum atomic E-state index is 4.79. The van der Waals surface area contributed by atoms with Crippen molar-refractivity contribution < 1.29 is 0 Å². The summed E-state index contributed by atoms with van der Waals surface area (Å²) < 4.78 is 0. The molecule has 3 heterocycles. The summed E-state index contributed by atoms with van der Waals surface area (Å²) in [6, 6.07) is 7.68. The number of hydrogen-bond acceptors (Lipinski definition) is 5. The Hall–Kier alpha value is -1.92. The van der Waals surface area contributed by atoms with Crippen LogP contribution in [0.2, 0.25) is 0 Å². The Morgan fingerprint density at radius 3 is 2.68 bits per heavy atom. The van der Waals surface area contributed by atoms with Crippen molar-refractivity contribution in [3.05, 3.63) is 29.6 Å². The molecule has 0 radical (unpaired) electrons. The Balaban J connectivity index is 1.08. The van der Waals surface area contributed by atoms with Crippen LogP contribution < -0.4 is 10.6 Å². The van der Waals surface area contributed by atoms with Gasteiger partial charge in [-0.1, -0.05) is 18.9 Å². The van der Waals surface area contributed by atoms with Crippen LogP contribution in [0, 0.1) is 6.92 Å². The Kier molecular flexibility index (Phi) is 6.55. The van der Waals surface area contributed by atoms with E-state index in [1.165, 1.54) is 76.6 Å². The molecule has 2 saturated carbocycles. The van der Waals surface area contributed by atoms with E-state index >= 15 is 0 Å². The summed E-state index contributed by atoms with van der Waals surface area (Å²) in [7, 11) is 0. The third-order valence-corrected chi connectivity index (χ3v) is 7.37. The van der Waals surface area contributed by atoms with E-state index in [0.29, 0.717) is 12.0 Å². The Morgan fingerprint density at radius 1 is 0.968 bits per heavy atom. The number of aryl methyl sites for hydroxylation is 1. The Bertz CT molecular complexity index is 851. The van der Waals surface area contributed by atoms with Gasteiger partial charge in [0.15, 0.2) is 5.82 Å². The third-order valence-electron chi connectivity index (χ3n) is 7.37. The van der Waals surface area contributed by atoms with Crippen molar-refractivity contribution in [1.82, 2.24) is 25.2 Å². The average molecular weight is 423 g/mol. The van der Waals surface area contributed by atoms with Crippen LogP contribution in [-0.2, 0) is 0 Å². The first-order valence-electron chi connectivity index (χ1n) is 12.5. The predicted molar refractivity (Wildman–Crippen MR) is 126 cm³/mol. The first kappa shape index (κ1) is 21.0. The number of H-pyrrole nitrogens is 1. The molecular formula is C25H38N6. The summed E-state index contributed by atoms with van der Waals surface area (Å²) >= 11 is 0. The SMILES string of the molecule is Cc1nc(-c2cccc(NCCNC3CCCN(C4CCCC4)CC3)n2)[nH]c1C1CC1. The molecule has 0 spiro atoms. The molecule has 2 aliphatic carbocycles. The maximum Gasteiger partial charge on any atom is 0.156 e. The highest BCUT2D eigenvalue weighted by Gasteiger charge is 2.28. The number of pyridine rings is 1. The van der Waals surface area contributed by atoms with E-state index in [4.69, 9.17) is 9.97 Å². The molecule has 31 heavy (non-hydrogen) atoms. The number of aromatic nitrogens is 3. The van der Waals surface area contributed by atoms with Gasteiger partial charge in [0, 0.05) is 36.8 Å². The molecule has 0 bridgehead atoms. The van der Waals surface area contributed by atoms with E-state index < -0.39 is 0 Å². The molecular weight excluding hydrogens is 384 g/mol. The molecule has 1 unspecified atom stereocenters. The minimum atomic E-state index is 0.652. The fraction of sp³-hybridized carbons (Fsp3) is 0.680. The number of aromatic amines is 1. The average Bonchev–Trinajstić information content (AvgIpc) is 3.42. The van der Waals surface area contributed by atoms with Crippen LogP contribution in [0.5, 0.6) is 0 Å². The van der Waals surface area contributed by atoms with Crippen molar-refractivity contribution >= 4 is 5.82 Å². The van der Waals surface area contributed by atoms with Gasteiger partial charge in [0.25, 0.3) is 0 Å². The monoisotopic (exact) mass is 422 g/mol. The van der Waals surface area contributed by atoms with Gasteiger partial charge in [0.05, 0.1) is 5.69 Å². The molecule has 1 aliphatic heterocycles. The molecule has 168 valence electrons. The lowest BCUT2D eigenvalue weighted by Gasteiger charge is -2.27. The van der Waals surface area contributed by atoms with Crippen molar-refractivity contribution in [2.45, 2.75) is 82.7 Å². The molecule has 1 saturated heterocycles. The van der Waals surface area contributed by atoms with E-state index in [-0.39, 0.29) is 0 Å². The molecule has 3 N–H and O–H groups in total. The zero-order valence-electron chi connectivity index (χ0n) is 19.0. The predicted octanol–water partition coefficient (Wildman–Crippen LogP) is 4.46. The summed E-state index contributed by atoms with van der Waals surface area (Å²) in [4.78, 5) is 15.8. The normalized spacial score (nSPS) is 23.2. The summed E-state index contributed by atoms with van der Waals surface area (Å²) in [5, 5.41) is 7.28. The zero-order valence-corrected chi connectivity index (χ0v) is 19.0. The second kappa shape index (κ2) is 9.70. The highest BCUT2D eigenvalue weighted by Crippen LogP contribution is 2.41. The van der Waals surface area contributed by atoms with Gasteiger partial charge in [-0.3, -0.25) is 0 Å². The molecule has 3 aliphatic rings. The quantitative estimate of drug-likeness (QED) is 0.548. The second-order valence-corrected chi connectivity index (χ2v) is 9.75. The van der Waals surface area contributed by atoms with Crippen LogP contribution in [0.25, 0.3) is 11.5 Å². The first-order chi connectivity index (χ1) is 15.3. The van der Waals surface area contributed by atoms with Crippen LogP contribution in [-0.4, -0.2) is 58.1 Å². The van der Waals surface area contributed by atoms with Crippen LogP contribution in [0.15, 0.2) is 18.2 Å². The van der Waals surface area contributed by atoms with Crippen molar-refractivity contribution in [2.75, 3.05) is 31.5 Å². The molecule has 6 nitrogen and oxygen atoms in total. The van der Waals surface area contributed by atoms with Gasteiger partial charge < -0.3 is 20.5 Å². The first-order valence-corrected chi connectivity index (χ1v) is 12.5. The molecule has 0 amide bonds. The minimum absolute atomic E-state index is 0.652. The molecule has 2 aromatic heterocycles. The maximum absolute atomic E-state index is 4.79. The zero-order chi connectivity index (χ0) is 21.0. The van der Waals surface area contributed by atoms with Crippen molar-refractivity contribution in [2.24, 2.45) is 0 Å². The Morgan fingerprint density at radius 2 is 1.84 bits per heavy atom. The minimum Gasteiger partial charge on any atom is -0.369 e. The van der Waals surface area contributed by atoms with Crippen LogP contribution in [0.3, 0.4) is 0 Å². The summed E-state index contributed by atoms with van der Waals surface area (Å²) in [5.74, 6) is 2.50. The molecule has 1 atom stereocenters. The lowest BCUT2D eigenvalue weighted by molar-refractivity contribution is 0.205. The van der Waals surface area contributed by atoms with Crippen molar-refractivity contribution in [3.8, 4) is 11.5 Å². The number of anilines is 1. The summed E-state index contributed by atoms with van der Waals surface area (Å²) in [6.07, 6.45) is 12.2. The van der Waals surface area contributed by atoms with Gasteiger partial charge in [-0.2, -0.15) is 0 Å². The summed E-state index contributed by atoms with van der Waals surface area (Å²) in [6.45, 7) is 6.54. The highest BCUT2D eigenvalue weighted by molar-refractivity contribution is 5.54. The topological polar surface area (TPSA) is 68.9 Å². The van der Waals surface area contributed by atoms with E-state index in [1.807, 2.05) is 12.1 Å².